The van der Waals surface area contributed by atoms with Gasteiger partial charge in [0.15, 0.2) is 0 Å². The zero-order chi connectivity index (χ0) is 24.0. The van der Waals surface area contributed by atoms with Crippen LogP contribution in [0, 0.1) is 5.82 Å². The zero-order valence-corrected chi connectivity index (χ0v) is 17.7. The van der Waals surface area contributed by atoms with Crippen molar-refractivity contribution in [3.8, 4) is 17.0 Å². The second-order valence-corrected chi connectivity index (χ2v) is 8.47. The fraction of sp³-hybridized carbons (Fsp3) is 0.150. The number of pyridine rings is 2. The predicted octanol–water partition coefficient (Wildman–Crippen LogP) is 3.36. The molecule has 2 N–H and O–H groups in total. The van der Waals surface area contributed by atoms with Gasteiger partial charge in [-0.15, -0.1) is 0 Å². The van der Waals surface area contributed by atoms with E-state index >= 15 is 0 Å². The summed E-state index contributed by atoms with van der Waals surface area (Å²) < 4.78 is 85.2. The Balaban J connectivity index is 2.01. The summed E-state index contributed by atoms with van der Waals surface area (Å²) in [6.07, 6.45) is -2.99. The quantitative estimate of drug-likeness (QED) is 0.438. The fourth-order valence-electron chi connectivity index (χ4n) is 3.37. The Morgan fingerprint density at radius 1 is 1.12 bits per heavy atom. The minimum Gasteiger partial charge on any atom is -0.480 e. The molecule has 0 radical (unpaired) electrons. The standard InChI is InChI=1S/C20H15F4N5O3S/c1-32-18-16(11-5-3-2-4-6-11)17-14(9-27-18)28-19(20(22,23)24)29(17)10-15-13(21)7-12(8-26-15)33(25,30)31/h2-9H,10H2,1H3,(H2,25,30,31). The van der Waals surface area contributed by atoms with E-state index < -0.39 is 45.0 Å². The Morgan fingerprint density at radius 2 is 1.82 bits per heavy atom. The molecule has 0 fully saturated rings. The number of hydrogen-bond acceptors (Lipinski definition) is 6. The summed E-state index contributed by atoms with van der Waals surface area (Å²) in [5.74, 6) is -2.40. The smallest absolute Gasteiger partial charge is 0.449 e. The summed E-state index contributed by atoms with van der Waals surface area (Å²) in [4.78, 5) is 10.8. The number of alkyl halides is 3. The van der Waals surface area contributed by atoms with E-state index in [0.717, 1.165) is 17.0 Å². The van der Waals surface area contributed by atoms with E-state index in [2.05, 4.69) is 15.0 Å². The summed E-state index contributed by atoms with van der Waals surface area (Å²) in [6, 6.07) is 9.02. The highest BCUT2D eigenvalue weighted by Crippen LogP contribution is 2.39. The van der Waals surface area contributed by atoms with Crippen LogP contribution in [0.5, 0.6) is 5.88 Å². The molecule has 0 spiro atoms. The molecule has 3 aromatic heterocycles. The normalized spacial score (nSPS) is 12.3. The van der Waals surface area contributed by atoms with Crippen LogP contribution in [0.15, 0.2) is 53.7 Å². The first-order valence-corrected chi connectivity index (χ1v) is 10.8. The van der Waals surface area contributed by atoms with Gasteiger partial charge in [-0.1, -0.05) is 30.3 Å². The van der Waals surface area contributed by atoms with Gasteiger partial charge < -0.3 is 9.30 Å². The maximum absolute atomic E-state index is 14.6. The van der Waals surface area contributed by atoms with E-state index in [9.17, 15) is 26.0 Å². The number of benzene rings is 1. The van der Waals surface area contributed by atoms with Crippen molar-refractivity contribution in [1.82, 2.24) is 19.5 Å². The Morgan fingerprint density at radius 3 is 2.39 bits per heavy atom. The monoisotopic (exact) mass is 481 g/mol. The van der Waals surface area contributed by atoms with Gasteiger partial charge >= 0.3 is 6.18 Å². The van der Waals surface area contributed by atoms with Crippen LogP contribution < -0.4 is 9.88 Å². The number of halogens is 4. The van der Waals surface area contributed by atoms with Gasteiger partial charge in [-0.05, 0) is 11.6 Å². The molecule has 3 heterocycles. The molecule has 0 saturated heterocycles. The number of primary sulfonamides is 1. The molecule has 172 valence electrons. The van der Waals surface area contributed by atoms with E-state index in [0.29, 0.717) is 11.6 Å². The summed E-state index contributed by atoms with van der Waals surface area (Å²) in [6.45, 7) is -0.699. The molecule has 1 aromatic carbocycles. The van der Waals surface area contributed by atoms with Crippen molar-refractivity contribution in [2.75, 3.05) is 7.11 Å². The Bertz CT molecular complexity index is 1450. The number of aromatic nitrogens is 4. The minimum atomic E-state index is -4.89. The van der Waals surface area contributed by atoms with Crippen molar-refractivity contribution < 1.29 is 30.7 Å². The van der Waals surface area contributed by atoms with Crippen LogP contribution in [0.2, 0.25) is 0 Å². The first kappa shape index (κ1) is 22.6. The minimum absolute atomic E-state index is 0.00269. The summed E-state index contributed by atoms with van der Waals surface area (Å²) in [5.41, 5.74) is 0.183. The van der Waals surface area contributed by atoms with Gasteiger partial charge in [-0.25, -0.2) is 27.9 Å². The van der Waals surface area contributed by atoms with Crippen LogP contribution in [0.3, 0.4) is 0 Å². The number of nitrogens with zero attached hydrogens (tertiary/aromatic N) is 4. The lowest BCUT2D eigenvalue weighted by molar-refractivity contribution is -0.146. The van der Waals surface area contributed by atoms with Gasteiger partial charge in [0.1, 0.15) is 16.2 Å². The number of imidazole rings is 1. The van der Waals surface area contributed by atoms with Crippen LogP contribution >= 0.6 is 0 Å². The first-order valence-electron chi connectivity index (χ1n) is 9.23. The first-order chi connectivity index (χ1) is 15.5. The average molecular weight is 481 g/mol. The van der Waals surface area contributed by atoms with Gasteiger partial charge in [-0.3, -0.25) is 4.98 Å². The van der Waals surface area contributed by atoms with Crippen molar-refractivity contribution >= 4 is 21.1 Å². The molecule has 4 aromatic rings. The highest BCUT2D eigenvalue weighted by atomic mass is 32.2. The predicted molar refractivity (Wildman–Crippen MR) is 109 cm³/mol. The summed E-state index contributed by atoms with van der Waals surface area (Å²) >= 11 is 0. The molecule has 0 bridgehead atoms. The molecule has 0 saturated carbocycles. The third-order valence-corrected chi connectivity index (χ3v) is 5.67. The van der Waals surface area contributed by atoms with Gasteiger partial charge in [-0.2, -0.15) is 13.2 Å². The lowest BCUT2D eigenvalue weighted by Crippen LogP contribution is -2.18. The lowest BCUT2D eigenvalue weighted by atomic mass is 10.1. The van der Waals surface area contributed by atoms with Crippen molar-refractivity contribution in [3.05, 3.63) is 66.1 Å². The molecule has 13 heteroatoms. The van der Waals surface area contributed by atoms with Crippen LogP contribution in [0.25, 0.3) is 22.2 Å². The Labute approximate surface area is 184 Å². The molecule has 33 heavy (non-hydrogen) atoms. The lowest BCUT2D eigenvalue weighted by Gasteiger charge is -2.15. The van der Waals surface area contributed by atoms with Crippen molar-refractivity contribution in [2.45, 2.75) is 17.6 Å². The van der Waals surface area contributed by atoms with Crippen LogP contribution in [-0.4, -0.2) is 35.0 Å². The number of nitrogens with two attached hydrogens (primary N) is 1. The highest BCUT2D eigenvalue weighted by Gasteiger charge is 2.39. The summed E-state index contributed by atoms with van der Waals surface area (Å²) in [5, 5.41) is 4.96. The van der Waals surface area contributed by atoms with Gasteiger partial charge in [0.05, 0.1) is 36.6 Å². The molecule has 0 aliphatic rings. The summed E-state index contributed by atoms with van der Waals surface area (Å²) in [7, 11) is -2.93. The number of fused-ring (bicyclic) bond motifs is 1. The number of sulfonamides is 1. The third-order valence-electron chi connectivity index (χ3n) is 4.79. The maximum atomic E-state index is 14.6. The molecule has 0 atom stereocenters. The van der Waals surface area contributed by atoms with E-state index in [4.69, 9.17) is 9.88 Å². The number of rotatable bonds is 5. The van der Waals surface area contributed by atoms with Crippen LogP contribution in [0.1, 0.15) is 11.5 Å². The second kappa shape index (κ2) is 8.08. The largest absolute Gasteiger partial charge is 0.480 e. The van der Waals surface area contributed by atoms with Crippen LogP contribution in [-0.2, 0) is 22.7 Å². The molecule has 4 rings (SSSR count). The van der Waals surface area contributed by atoms with E-state index in [1.54, 1.807) is 30.3 Å². The third kappa shape index (κ3) is 4.24. The SMILES string of the molecule is COc1ncc2nc(C(F)(F)F)n(Cc3ncc(S(N)(=O)=O)cc3F)c2c1-c1ccccc1. The second-order valence-electron chi connectivity index (χ2n) is 6.91. The Kier molecular flexibility index (Phi) is 5.54. The van der Waals surface area contributed by atoms with Crippen molar-refractivity contribution in [1.29, 1.82) is 0 Å². The maximum Gasteiger partial charge on any atom is 0.449 e. The van der Waals surface area contributed by atoms with E-state index in [1.165, 1.54) is 7.11 Å². The van der Waals surface area contributed by atoms with E-state index in [1.807, 2.05) is 0 Å². The molecular weight excluding hydrogens is 466 g/mol. The molecular formula is C20H15F4N5O3S. The van der Waals surface area contributed by atoms with Crippen molar-refractivity contribution in [3.63, 3.8) is 0 Å². The number of methoxy groups -OCH3 is 1. The van der Waals surface area contributed by atoms with Crippen molar-refractivity contribution in [2.24, 2.45) is 5.14 Å². The highest BCUT2D eigenvalue weighted by molar-refractivity contribution is 7.89. The fourth-order valence-corrected chi connectivity index (χ4v) is 3.84. The van der Waals surface area contributed by atoms with Gasteiger partial charge in [0.25, 0.3) is 0 Å². The molecule has 0 aliphatic heterocycles. The topological polar surface area (TPSA) is 113 Å². The molecule has 0 unspecified atom stereocenters. The molecule has 0 amide bonds. The van der Waals surface area contributed by atoms with Gasteiger partial charge in [0.2, 0.25) is 21.7 Å². The Hall–Kier alpha value is -3.58. The zero-order valence-electron chi connectivity index (χ0n) is 16.8. The van der Waals surface area contributed by atoms with Gasteiger partial charge in [0, 0.05) is 6.20 Å². The number of hydrogen-bond donors (Lipinski definition) is 1. The van der Waals surface area contributed by atoms with Crippen LogP contribution in [0.4, 0.5) is 17.6 Å². The average Bonchev–Trinajstić information content (AvgIpc) is 3.13. The number of ether oxygens (including phenoxy) is 1. The molecule has 0 aliphatic carbocycles. The van der Waals surface area contributed by atoms with E-state index in [-0.39, 0.29) is 22.5 Å². The molecule has 8 nitrogen and oxygen atoms in total.